The minimum atomic E-state index is -1.29. The first-order valence-corrected chi connectivity index (χ1v) is 10.9. The van der Waals surface area contributed by atoms with Crippen molar-refractivity contribution in [1.82, 2.24) is 4.57 Å². The molecule has 37 heavy (non-hydrogen) atoms. The predicted molar refractivity (Wildman–Crippen MR) is 135 cm³/mol. The summed E-state index contributed by atoms with van der Waals surface area (Å²) in [6.45, 7) is 1.64. The predicted octanol–water partition coefficient (Wildman–Crippen LogP) is 4.45. The van der Waals surface area contributed by atoms with Crippen LogP contribution in [0.5, 0.6) is 5.88 Å². The zero-order valence-corrected chi connectivity index (χ0v) is 19.4. The van der Waals surface area contributed by atoms with E-state index in [2.05, 4.69) is 20.9 Å². The van der Waals surface area contributed by atoms with Crippen molar-refractivity contribution in [2.45, 2.75) is 13.5 Å². The number of hydrogen-bond donors (Lipinski definition) is 3. The lowest BCUT2D eigenvalue weighted by Crippen LogP contribution is -2.20. The van der Waals surface area contributed by atoms with E-state index in [0.717, 1.165) is 11.6 Å². The molecular weight excluding hydrogens is 480 g/mol. The van der Waals surface area contributed by atoms with Crippen LogP contribution in [0.1, 0.15) is 5.56 Å². The summed E-state index contributed by atoms with van der Waals surface area (Å²) in [5.74, 6) is -3.29. The number of aryl methyl sites for hydroxylation is 1. The van der Waals surface area contributed by atoms with Crippen molar-refractivity contribution in [1.29, 1.82) is 0 Å². The number of hydrogen-bond acceptors (Lipinski definition) is 7. The van der Waals surface area contributed by atoms with E-state index in [1.165, 1.54) is 22.8 Å². The minimum Gasteiger partial charge on any atom is -0.493 e. The van der Waals surface area contributed by atoms with Crippen molar-refractivity contribution in [3.63, 3.8) is 0 Å². The summed E-state index contributed by atoms with van der Waals surface area (Å²) in [5.41, 5.74) is 1.69. The van der Waals surface area contributed by atoms with Crippen molar-refractivity contribution in [2.24, 2.45) is 10.2 Å². The highest BCUT2D eigenvalue weighted by Gasteiger charge is 2.20. The Kier molecular flexibility index (Phi) is 7.00. The third-order valence-electron chi connectivity index (χ3n) is 5.27. The molecule has 186 valence electrons. The lowest BCUT2D eigenvalue weighted by Gasteiger charge is -2.09. The third-order valence-corrected chi connectivity index (χ3v) is 5.27. The summed E-state index contributed by atoms with van der Waals surface area (Å²) in [4.78, 5) is 47.3. The van der Waals surface area contributed by atoms with Crippen molar-refractivity contribution in [3.8, 4) is 5.88 Å². The molecule has 0 atom stereocenters. The number of aromatic hydroxyl groups is 1. The number of nitro groups is 1. The molecule has 3 aromatic carbocycles. The second-order valence-corrected chi connectivity index (χ2v) is 7.96. The Labute approximate surface area is 209 Å². The van der Waals surface area contributed by atoms with Crippen LogP contribution in [-0.2, 0) is 20.9 Å². The maximum Gasteiger partial charge on any atom is 0.353 e. The smallest absolute Gasteiger partial charge is 0.353 e. The highest BCUT2D eigenvalue weighted by Crippen LogP contribution is 2.38. The van der Waals surface area contributed by atoms with Crippen LogP contribution >= 0.6 is 0 Å². The van der Waals surface area contributed by atoms with Crippen molar-refractivity contribution in [2.75, 3.05) is 10.6 Å². The normalized spacial score (nSPS) is 10.9. The van der Waals surface area contributed by atoms with Crippen LogP contribution < -0.4 is 10.6 Å². The molecular formula is C25H20N6O6. The number of carbonyl (C=O) groups excluding carboxylic acids is 3. The third kappa shape index (κ3) is 5.65. The van der Waals surface area contributed by atoms with Gasteiger partial charge in [-0.25, -0.2) is 0 Å². The fourth-order valence-corrected chi connectivity index (χ4v) is 3.62. The van der Waals surface area contributed by atoms with Gasteiger partial charge in [0.05, 0.1) is 10.4 Å². The number of nitrogens with one attached hydrogen (secondary N) is 2. The first-order chi connectivity index (χ1) is 17.7. The lowest BCUT2D eigenvalue weighted by atomic mass is 10.2. The Bertz CT molecular complexity index is 1580. The molecule has 0 saturated carbocycles. The molecule has 4 rings (SSSR count). The first kappa shape index (κ1) is 24.7. The lowest BCUT2D eigenvalue weighted by molar-refractivity contribution is -0.384. The van der Waals surface area contributed by atoms with Gasteiger partial charge >= 0.3 is 11.8 Å². The number of nitro benzene ring substituents is 1. The summed E-state index contributed by atoms with van der Waals surface area (Å²) < 4.78 is 1.31. The Morgan fingerprint density at radius 2 is 1.68 bits per heavy atom. The molecule has 12 heteroatoms. The average molecular weight is 500 g/mol. The van der Waals surface area contributed by atoms with Crippen LogP contribution in [-0.4, -0.2) is 32.3 Å². The monoisotopic (exact) mass is 500 g/mol. The summed E-state index contributed by atoms with van der Waals surface area (Å²) in [5, 5.41) is 34.2. The standard InChI is InChI=1S/C25H20N6O6/c1-15-6-4-7-16(12-15)26-21(32)14-30-20-11-3-2-10-19(20)22(25(30)35)28-29-24(34)23(33)27-17-8-5-9-18(13-17)31(36)37/h2-13,35H,14H2,1H3,(H,26,32)(H,27,33). The van der Waals surface area contributed by atoms with E-state index >= 15 is 0 Å². The van der Waals surface area contributed by atoms with Gasteiger partial charge in [-0.1, -0.05) is 36.4 Å². The average Bonchev–Trinajstić information content (AvgIpc) is 3.13. The van der Waals surface area contributed by atoms with Crippen LogP contribution in [0, 0.1) is 17.0 Å². The molecule has 0 aliphatic carbocycles. The van der Waals surface area contributed by atoms with Crippen LogP contribution in [0.25, 0.3) is 10.9 Å². The number of non-ortho nitro benzene ring substituents is 1. The molecule has 0 bridgehead atoms. The molecule has 3 N–H and O–H groups in total. The second-order valence-electron chi connectivity index (χ2n) is 7.96. The van der Waals surface area contributed by atoms with Crippen LogP contribution in [0.2, 0.25) is 0 Å². The molecule has 4 aromatic rings. The zero-order chi connectivity index (χ0) is 26.5. The van der Waals surface area contributed by atoms with Crippen LogP contribution in [0.4, 0.5) is 22.7 Å². The van der Waals surface area contributed by atoms with Gasteiger partial charge in [-0.15, -0.1) is 10.2 Å². The molecule has 0 aliphatic rings. The SMILES string of the molecule is Cc1cccc(NC(=O)Cn2c(O)c(N=NC(=O)C(=O)Nc3cccc([N+](=O)[O-])c3)c3ccccc32)c1. The van der Waals surface area contributed by atoms with Gasteiger partial charge < -0.3 is 20.3 Å². The molecule has 1 aromatic heterocycles. The molecule has 0 spiro atoms. The maximum atomic E-state index is 12.6. The van der Waals surface area contributed by atoms with E-state index < -0.39 is 28.5 Å². The Hall–Kier alpha value is -5.39. The number of azo groups is 1. The largest absolute Gasteiger partial charge is 0.493 e. The molecule has 0 fully saturated rings. The van der Waals surface area contributed by atoms with E-state index in [4.69, 9.17) is 0 Å². The summed E-state index contributed by atoms with van der Waals surface area (Å²) in [7, 11) is 0. The van der Waals surface area contributed by atoms with E-state index in [0.29, 0.717) is 16.6 Å². The van der Waals surface area contributed by atoms with Crippen LogP contribution in [0.3, 0.4) is 0 Å². The minimum absolute atomic E-state index is 0.0295. The van der Waals surface area contributed by atoms with Gasteiger partial charge in [0.1, 0.15) is 6.54 Å². The fourth-order valence-electron chi connectivity index (χ4n) is 3.62. The van der Waals surface area contributed by atoms with Crippen molar-refractivity contribution < 1.29 is 24.4 Å². The number of para-hydroxylation sites is 1. The maximum absolute atomic E-state index is 12.6. The number of carbonyl (C=O) groups is 3. The number of benzene rings is 3. The molecule has 0 saturated heterocycles. The van der Waals surface area contributed by atoms with Gasteiger partial charge in [-0.05, 0) is 36.8 Å². The van der Waals surface area contributed by atoms with Crippen LogP contribution in [0.15, 0.2) is 83.0 Å². The number of aromatic nitrogens is 1. The van der Waals surface area contributed by atoms with Gasteiger partial charge in [0, 0.05) is 28.9 Å². The topological polar surface area (TPSA) is 168 Å². The molecule has 0 unspecified atom stereocenters. The van der Waals surface area contributed by atoms with Gasteiger partial charge in [-0.2, -0.15) is 0 Å². The Morgan fingerprint density at radius 3 is 2.41 bits per heavy atom. The van der Waals surface area contributed by atoms with Gasteiger partial charge in [-0.3, -0.25) is 24.5 Å². The number of nitrogens with zero attached hydrogens (tertiary/aromatic N) is 4. The molecule has 1 heterocycles. The van der Waals surface area contributed by atoms with E-state index in [1.807, 2.05) is 13.0 Å². The molecule has 3 amide bonds. The summed E-state index contributed by atoms with van der Waals surface area (Å²) in [6.07, 6.45) is 0. The van der Waals surface area contributed by atoms with E-state index in [1.54, 1.807) is 42.5 Å². The van der Waals surface area contributed by atoms with Crippen molar-refractivity contribution >= 4 is 51.4 Å². The first-order valence-electron chi connectivity index (χ1n) is 10.9. The van der Waals surface area contributed by atoms with Crippen molar-refractivity contribution in [3.05, 3.63) is 88.5 Å². The summed E-state index contributed by atoms with van der Waals surface area (Å²) in [6, 6.07) is 18.9. The fraction of sp³-hybridized carbons (Fsp3) is 0.0800. The molecule has 12 nitrogen and oxygen atoms in total. The molecule has 0 aliphatic heterocycles. The number of anilines is 2. The quantitative estimate of drug-likeness (QED) is 0.153. The van der Waals surface area contributed by atoms with Gasteiger partial charge in [0.15, 0.2) is 5.69 Å². The van der Waals surface area contributed by atoms with Gasteiger partial charge in [0.25, 0.3) is 5.69 Å². The summed E-state index contributed by atoms with van der Waals surface area (Å²) >= 11 is 0. The number of fused-ring (bicyclic) bond motifs is 1. The second kappa shape index (κ2) is 10.5. The number of rotatable bonds is 6. The Balaban J connectivity index is 1.54. The molecule has 0 radical (unpaired) electrons. The highest BCUT2D eigenvalue weighted by atomic mass is 16.6. The zero-order valence-electron chi connectivity index (χ0n) is 19.4. The highest BCUT2D eigenvalue weighted by molar-refractivity contribution is 6.40. The van der Waals surface area contributed by atoms with E-state index in [-0.39, 0.29) is 23.6 Å². The van der Waals surface area contributed by atoms with E-state index in [9.17, 15) is 29.6 Å². The Morgan fingerprint density at radius 1 is 0.973 bits per heavy atom. The van der Waals surface area contributed by atoms with Gasteiger partial charge in [0.2, 0.25) is 11.8 Å². The number of amides is 3.